The predicted octanol–water partition coefficient (Wildman–Crippen LogP) is 11.1. The van der Waals surface area contributed by atoms with Crippen LogP contribution in [0.4, 0.5) is 0 Å². The molecule has 0 amide bonds. The second-order valence-electron chi connectivity index (χ2n) is 12.2. The Balaban J connectivity index is 1.27. The molecular weight excluding hydrogens is 564 g/mol. The van der Waals surface area contributed by atoms with Crippen molar-refractivity contribution < 1.29 is 6.11 Å². The van der Waals surface area contributed by atoms with Crippen molar-refractivity contribution in [3.63, 3.8) is 0 Å². The summed E-state index contributed by atoms with van der Waals surface area (Å²) in [5.41, 5.74) is 8.74. The van der Waals surface area contributed by atoms with Gasteiger partial charge >= 0.3 is 0 Å². The Bertz CT molecular complexity index is 2200. The lowest BCUT2D eigenvalue weighted by Gasteiger charge is -2.12. The van der Waals surface area contributed by atoms with E-state index in [9.17, 15) is 0 Å². The topological polar surface area (TPSA) is 44.9 Å². The number of fused-ring (bicyclic) bond motifs is 3. The molecule has 46 heavy (non-hydrogen) atoms. The fourth-order valence-electron chi connectivity index (χ4n) is 6.67. The molecule has 7 rings (SSSR count). The summed E-state index contributed by atoms with van der Waals surface area (Å²) in [5, 5.41) is 7.22. The molecule has 5 heteroatoms. The van der Waals surface area contributed by atoms with Crippen LogP contribution in [0.3, 0.4) is 0 Å². The van der Waals surface area contributed by atoms with Gasteiger partial charge in [-0.2, -0.15) is 5.10 Å². The summed E-state index contributed by atoms with van der Waals surface area (Å²) in [6.45, 7) is 8.75. The molecule has 0 aliphatic carbocycles. The van der Waals surface area contributed by atoms with Crippen LogP contribution in [0, 0.1) is 13.8 Å². The van der Waals surface area contributed by atoms with Crippen LogP contribution in [0.25, 0.3) is 44.4 Å². The molecule has 0 fully saturated rings. The molecule has 0 radical (unpaired) electrons. The summed E-state index contributed by atoms with van der Waals surface area (Å²) in [5.74, 6) is 2.67. The Morgan fingerprint density at radius 2 is 1.65 bits per heavy atom. The lowest BCUT2D eigenvalue weighted by atomic mass is 9.94. The minimum Gasteiger partial charge on any atom is -0.457 e. The largest absolute Gasteiger partial charge is 0.457 e. The van der Waals surface area contributed by atoms with Crippen LogP contribution in [-0.2, 0) is 0 Å². The van der Waals surface area contributed by atoms with Crippen LogP contribution in [0.5, 0.6) is 11.5 Å². The van der Waals surface area contributed by atoms with Crippen molar-refractivity contribution >= 4 is 21.8 Å². The maximum absolute atomic E-state index is 8.30. The van der Waals surface area contributed by atoms with Gasteiger partial charge in [0.05, 0.1) is 23.8 Å². The zero-order chi connectivity index (χ0) is 32.5. The van der Waals surface area contributed by atoms with E-state index in [1.807, 2.05) is 41.1 Å². The van der Waals surface area contributed by atoms with Crippen LogP contribution in [0.2, 0.25) is 0 Å². The summed E-state index contributed by atoms with van der Waals surface area (Å²) < 4.78 is 19.0. The van der Waals surface area contributed by atoms with Crippen molar-refractivity contribution in [3.8, 4) is 34.1 Å². The van der Waals surface area contributed by atoms with Crippen LogP contribution < -0.4 is 4.74 Å². The van der Waals surface area contributed by atoms with Crippen LogP contribution in [-0.4, -0.2) is 19.3 Å². The Morgan fingerprint density at radius 3 is 2.48 bits per heavy atom. The number of aromatic nitrogens is 4. The van der Waals surface area contributed by atoms with Crippen molar-refractivity contribution in [3.05, 3.63) is 132 Å². The molecule has 0 aliphatic rings. The van der Waals surface area contributed by atoms with E-state index in [0.29, 0.717) is 12.0 Å². The molecule has 0 saturated heterocycles. The van der Waals surface area contributed by atoms with E-state index in [4.69, 9.17) is 11.2 Å². The summed E-state index contributed by atoms with van der Waals surface area (Å²) >= 11 is 0. The summed E-state index contributed by atoms with van der Waals surface area (Å²) in [6, 6.07) is 35.5. The Kier molecular flexibility index (Phi) is 7.81. The number of unbranched alkanes of at least 4 members (excludes halogenated alkanes) is 2. The van der Waals surface area contributed by atoms with Gasteiger partial charge in [-0.15, -0.1) is 0 Å². The highest BCUT2D eigenvalue weighted by Gasteiger charge is 2.18. The second-order valence-corrected chi connectivity index (χ2v) is 12.2. The average Bonchev–Trinajstić information content (AvgIpc) is 3.57. The minimum absolute atomic E-state index is 0.426. The molecule has 230 valence electrons. The van der Waals surface area contributed by atoms with E-state index in [1.165, 1.54) is 36.6 Å². The number of ether oxygens (including phenoxy) is 1. The zero-order valence-electron chi connectivity index (χ0n) is 28.0. The monoisotopic (exact) mass is 605 g/mol. The van der Waals surface area contributed by atoms with Gasteiger partial charge in [0.25, 0.3) is 0 Å². The lowest BCUT2D eigenvalue weighted by Crippen LogP contribution is -1.99. The Hall–Kier alpha value is -5.16. The number of nitrogens with zero attached hydrogens (tertiary/aromatic N) is 4. The van der Waals surface area contributed by atoms with Crippen LogP contribution >= 0.6 is 0 Å². The zero-order valence-corrected chi connectivity index (χ0v) is 27.0. The van der Waals surface area contributed by atoms with Crippen molar-refractivity contribution in [1.29, 1.82) is 0 Å². The maximum Gasteiger partial charge on any atom is 0.137 e. The second kappa shape index (κ2) is 12.7. The molecule has 0 saturated carbocycles. The molecular formula is C41H40N4O. The molecule has 5 nitrogen and oxygen atoms in total. The number of hydrogen-bond donors (Lipinski definition) is 0. The Labute approximate surface area is 272 Å². The highest BCUT2D eigenvalue weighted by atomic mass is 16.5. The third-order valence-corrected chi connectivity index (χ3v) is 9.04. The van der Waals surface area contributed by atoms with E-state index >= 15 is 0 Å². The number of benzene rings is 4. The van der Waals surface area contributed by atoms with Crippen molar-refractivity contribution in [2.24, 2.45) is 0 Å². The third kappa shape index (κ3) is 5.58. The molecule has 3 heterocycles. The van der Waals surface area contributed by atoms with Gasteiger partial charge in [0.1, 0.15) is 17.3 Å². The first kappa shape index (κ1) is 28.3. The molecule has 4 aromatic carbocycles. The molecule has 1 unspecified atom stereocenters. The predicted molar refractivity (Wildman–Crippen MR) is 190 cm³/mol. The normalized spacial score (nSPS) is 12.5. The number of hydrogen-bond acceptors (Lipinski definition) is 3. The van der Waals surface area contributed by atoms with Gasteiger partial charge in [-0.05, 0) is 85.8 Å². The first-order chi connectivity index (χ1) is 22.9. The number of pyridine rings is 1. The molecule has 1 atom stereocenters. The SMILES string of the molecule is [2H]c1ccnc(-n2c3ccc(C(C)CCCCC)cc3c3ccc(Oc4cccc(-n5nc(C)c(-c6ccccc6)c5C)c4)cc32)c1. The molecule has 7 aromatic rings. The van der Waals surface area contributed by atoms with Crippen LogP contribution in [0.15, 0.2) is 115 Å². The summed E-state index contributed by atoms with van der Waals surface area (Å²) in [7, 11) is 0. The van der Waals surface area contributed by atoms with Crippen molar-refractivity contribution in [2.45, 2.75) is 59.3 Å². The van der Waals surface area contributed by atoms with Gasteiger partial charge in [-0.3, -0.25) is 4.57 Å². The van der Waals surface area contributed by atoms with E-state index in [2.05, 4.69) is 97.9 Å². The average molecular weight is 606 g/mol. The van der Waals surface area contributed by atoms with E-state index in [0.717, 1.165) is 61.9 Å². The lowest BCUT2D eigenvalue weighted by molar-refractivity contribution is 0.482. The highest BCUT2D eigenvalue weighted by Crippen LogP contribution is 2.37. The number of aryl methyl sites for hydroxylation is 1. The highest BCUT2D eigenvalue weighted by molar-refractivity contribution is 6.09. The Morgan fingerprint density at radius 1 is 0.804 bits per heavy atom. The molecule has 3 aromatic heterocycles. The first-order valence-corrected chi connectivity index (χ1v) is 16.3. The van der Waals surface area contributed by atoms with Gasteiger partial charge in [-0.1, -0.05) is 81.6 Å². The van der Waals surface area contributed by atoms with E-state index < -0.39 is 0 Å². The van der Waals surface area contributed by atoms with Crippen molar-refractivity contribution in [2.75, 3.05) is 0 Å². The smallest absolute Gasteiger partial charge is 0.137 e. The van der Waals surface area contributed by atoms with Crippen LogP contribution in [0.1, 0.15) is 63.8 Å². The standard InChI is InChI=1S/C41H40N4O/c1-5-6-8-14-28(2)32-20-23-38-37(25-32)36-22-21-35(27-39(36)44(38)40-19-11-12-24-42-40)46-34-18-13-17-33(26-34)45-30(4)41(29(3)43-45)31-15-9-7-10-16-31/h7,9-13,15-28H,5-6,8,14H2,1-4H3/i11D. The fourth-order valence-corrected chi connectivity index (χ4v) is 6.67. The fraction of sp³-hybridized carbons (Fsp3) is 0.220. The van der Waals surface area contributed by atoms with Crippen molar-refractivity contribution in [1.82, 2.24) is 19.3 Å². The molecule has 0 aliphatic heterocycles. The minimum atomic E-state index is 0.426. The van der Waals surface area contributed by atoms with E-state index in [1.54, 1.807) is 12.3 Å². The van der Waals surface area contributed by atoms with E-state index in [-0.39, 0.29) is 0 Å². The van der Waals surface area contributed by atoms with Gasteiger partial charge in [0.15, 0.2) is 0 Å². The summed E-state index contributed by atoms with van der Waals surface area (Å²) in [6.07, 6.45) is 6.62. The molecule has 0 spiro atoms. The van der Waals surface area contributed by atoms with Gasteiger partial charge in [-0.25, -0.2) is 9.67 Å². The first-order valence-electron chi connectivity index (χ1n) is 16.8. The number of rotatable bonds is 10. The van der Waals surface area contributed by atoms with Gasteiger partial charge in [0.2, 0.25) is 0 Å². The van der Waals surface area contributed by atoms with Gasteiger partial charge < -0.3 is 4.74 Å². The van der Waals surface area contributed by atoms with Gasteiger partial charge in [0, 0.05) is 40.4 Å². The quantitative estimate of drug-likeness (QED) is 0.146. The summed E-state index contributed by atoms with van der Waals surface area (Å²) in [4.78, 5) is 4.68. The molecule has 0 bridgehead atoms. The third-order valence-electron chi connectivity index (χ3n) is 9.04. The molecule has 0 N–H and O–H groups in total. The maximum atomic E-state index is 8.30.